The molecule has 0 aliphatic carbocycles. The largest absolute Gasteiger partial charge is 0.403 e. The number of fused-ring (bicyclic) bond motifs is 1. The maximum Gasteiger partial charge on any atom is 0.403 e. The zero-order chi connectivity index (χ0) is 19.3. The summed E-state index contributed by atoms with van der Waals surface area (Å²) in [5, 5.41) is 0. The zero-order valence-corrected chi connectivity index (χ0v) is 17.0. The molecular weight excluding hydrogens is 358 g/mol. The average Bonchev–Trinajstić information content (AvgIpc) is 3.03. The number of sulfone groups is 1. The second kappa shape index (κ2) is 8.65. The molecule has 27 heavy (non-hydrogen) atoms. The summed E-state index contributed by atoms with van der Waals surface area (Å²) in [6.07, 6.45) is 14.6. The molecule has 0 radical (unpaired) electrons. The van der Waals surface area contributed by atoms with Crippen molar-refractivity contribution < 1.29 is 12.8 Å². The Balaban J connectivity index is 1.86. The molecule has 0 bridgehead atoms. The van der Waals surface area contributed by atoms with Gasteiger partial charge >= 0.3 is 5.78 Å². The Hall–Kier alpha value is -2.21. The number of nitrogens with zero attached hydrogens (tertiary/aromatic N) is 3. The van der Waals surface area contributed by atoms with E-state index in [1.807, 2.05) is 35.0 Å². The van der Waals surface area contributed by atoms with E-state index in [-0.39, 0.29) is 0 Å². The van der Waals surface area contributed by atoms with E-state index in [2.05, 4.69) is 22.7 Å². The molecule has 0 amide bonds. The quantitative estimate of drug-likeness (QED) is 0.412. The van der Waals surface area contributed by atoms with Crippen LogP contribution in [0.25, 0.3) is 17.0 Å². The predicted molar refractivity (Wildman–Crippen MR) is 107 cm³/mol. The molecule has 3 aromatic rings. The Kier molecular flexibility index (Phi) is 6.26. The normalized spacial score (nSPS) is 11.9. The fourth-order valence-corrected chi connectivity index (χ4v) is 4.00. The van der Waals surface area contributed by atoms with Crippen LogP contribution in [0.2, 0.25) is 0 Å². The van der Waals surface area contributed by atoms with Gasteiger partial charge in [0, 0.05) is 17.9 Å². The molecule has 0 N–H and O–H groups in total. The van der Waals surface area contributed by atoms with Gasteiger partial charge in [-0.1, -0.05) is 56.1 Å². The number of unbranched alkanes of at least 4 members (excludes halogenated alkanes) is 5. The van der Waals surface area contributed by atoms with Gasteiger partial charge in [0.15, 0.2) is 9.84 Å². The SMILES string of the molecule is CCCCCCCCn1c(-c2ccc(S(C)(=O)=O)cc2)c[n+]2cccnc12. The summed E-state index contributed by atoms with van der Waals surface area (Å²) in [5.41, 5.74) is 2.06. The zero-order valence-electron chi connectivity index (χ0n) is 16.1. The maximum absolute atomic E-state index is 11.7. The number of rotatable bonds is 9. The summed E-state index contributed by atoms with van der Waals surface area (Å²) < 4.78 is 27.7. The van der Waals surface area contributed by atoms with Crippen LogP contribution in [-0.2, 0) is 16.4 Å². The van der Waals surface area contributed by atoms with Gasteiger partial charge in [0.05, 0.1) is 17.6 Å². The van der Waals surface area contributed by atoms with E-state index in [0.29, 0.717) is 4.90 Å². The van der Waals surface area contributed by atoms with Gasteiger partial charge in [-0.3, -0.25) is 0 Å². The van der Waals surface area contributed by atoms with Crippen LogP contribution in [0.15, 0.2) is 53.8 Å². The first-order valence-electron chi connectivity index (χ1n) is 9.66. The highest BCUT2D eigenvalue weighted by Crippen LogP contribution is 2.23. The molecule has 0 unspecified atom stereocenters. The molecule has 5 nitrogen and oxygen atoms in total. The second-order valence-electron chi connectivity index (χ2n) is 7.06. The number of imidazole rings is 1. The van der Waals surface area contributed by atoms with Crippen LogP contribution in [-0.4, -0.2) is 24.2 Å². The summed E-state index contributed by atoms with van der Waals surface area (Å²) >= 11 is 0. The molecule has 0 fully saturated rings. The smallest absolute Gasteiger partial charge is 0.225 e. The van der Waals surface area contributed by atoms with Gasteiger partial charge in [-0.25, -0.2) is 17.4 Å². The molecule has 144 valence electrons. The van der Waals surface area contributed by atoms with Crippen molar-refractivity contribution in [1.82, 2.24) is 9.55 Å². The molecule has 0 aliphatic heterocycles. The van der Waals surface area contributed by atoms with Crippen LogP contribution < -0.4 is 4.40 Å². The van der Waals surface area contributed by atoms with Gasteiger partial charge in [-0.05, 0) is 18.6 Å². The first-order chi connectivity index (χ1) is 13.0. The maximum atomic E-state index is 11.7. The molecule has 2 heterocycles. The Morgan fingerprint density at radius 1 is 1.04 bits per heavy atom. The highest BCUT2D eigenvalue weighted by Gasteiger charge is 2.19. The molecule has 0 spiro atoms. The first kappa shape index (κ1) is 19.5. The van der Waals surface area contributed by atoms with Crippen LogP contribution in [0.1, 0.15) is 45.4 Å². The number of hydrogen-bond acceptors (Lipinski definition) is 3. The molecular formula is C21H28N3O2S+. The highest BCUT2D eigenvalue weighted by molar-refractivity contribution is 7.90. The van der Waals surface area contributed by atoms with E-state index in [1.54, 1.807) is 12.1 Å². The summed E-state index contributed by atoms with van der Waals surface area (Å²) in [6, 6.07) is 9.02. The third-order valence-corrected chi connectivity index (χ3v) is 5.99. The number of aryl methyl sites for hydroxylation is 1. The minimum atomic E-state index is -3.19. The summed E-state index contributed by atoms with van der Waals surface area (Å²) in [4.78, 5) is 4.89. The van der Waals surface area contributed by atoms with Crippen molar-refractivity contribution >= 4 is 15.6 Å². The molecule has 6 heteroatoms. The van der Waals surface area contributed by atoms with Crippen molar-refractivity contribution in [3.63, 3.8) is 0 Å². The third-order valence-electron chi connectivity index (χ3n) is 4.86. The van der Waals surface area contributed by atoms with Gasteiger partial charge < -0.3 is 0 Å². The lowest BCUT2D eigenvalue weighted by atomic mass is 10.1. The molecule has 0 aliphatic rings. The van der Waals surface area contributed by atoms with Crippen LogP contribution in [0, 0.1) is 0 Å². The van der Waals surface area contributed by atoms with Crippen molar-refractivity contribution in [3.8, 4) is 11.3 Å². The molecule has 0 saturated carbocycles. The van der Waals surface area contributed by atoms with E-state index in [1.165, 1.54) is 38.4 Å². The van der Waals surface area contributed by atoms with E-state index in [0.717, 1.165) is 30.0 Å². The topological polar surface area (TPSA) is 56.1 Å². The number of hydrogen-bond donors (Lipinski definition) is 0. The fraction of sp³-hybridized carbons (Fsp3) is 0.429. The summed E-state index contributed by atoms with van der Waals surface area (Å²) in [7, 11) is -3.19. The van der Waals surface area contributed by atoms with E-state index < -0.39 is 9.84 Å². The summed E-state index contributed by atoms with van der Waals surface area (Å²) in [6.45, 7) is 3.14. The van der Waals surface area contributed by atoms with Crippen LogP contribution >= 0.6 is 0 Å². The van der Waals surface area contributed by atoms with Gasteiger partial charge in [0.25, 0.3) is 0 Å². The molecule has 0 atom stereocenters. The standard InChI is InChI=1S/C21H28N3O2S/c1-3-4-5-6-7-8-16-24-20(17-23-15-9-14-22-21(23)24)18-10-12-19(13-11-18)27(2,25)26/h9-15,17H,3-8,16H2,1-2H3/q+1. The highest BCUT2D eigenvalue weighted by atomic mass is 32.2. The van der Waals surface area contributed by atoms with Crippen molar-refractivity contribution in [2.24, 2.45) is 0 Å². The Labute approximate surface area is 161 Å². The van der Waals surface area contributed by atoms with Crippen molar-refractivity contribution in [2.75, 3.05) is 6.26 Å². The van der Waals surface area contributed by atoms with Gasteiger partial charge in [0.1, 0.15) is 18.1 Å². The molecule has 2 aromatic heterocycles. The Bertz CT molecular complexity index is 992. The molecule has 0 saturated heterocycles. The van der Waals surface area contributed by atoms with Gasteiger partial charge in [0.2, 0.25) is 0 Å². The number of benzene rings is 1. The second-order valence-corrected chi connectivity index (χ2v) is 9.07. The van der Waals surface area contributed by atoms with Crippen molar-refractivity contribution in [3.05, 3.63) is 48.9 Å². The third kappa shape index (κ3) is 4.75. The van der Waals surface area contributed by atoms with Crippen molar-refractivity contribution in [1.29, 1.82) is 0 Å². The van der Waals surface area contributed by atoms with Crippen LogP contribution in [0.5, 0.6) is 0 Å². The Morgan fingerprint density at radius 3 is 2.44 bits per heavy atom. The van der Waals surface area contributed by atoms with Crippen LogP contribution in [0.4, 0.5) is 0 Å². The Morgan fingerprint density at radius 2 is 1.74 bits per heavy atom. The van der Waals surface area contributed by atoms with Crippen molar-refractivity contribution in [2.45, 2.75) is 56.9 Å². The van der Waals surface area contributed by atoms with Gasteiger partial charge in [-0.2, -0.15) is 0 Å². The lowest BCUT2D eigenvalue weighted by molar-refractivity contribution is -0.513. The van der Waals surface area contributed by atoms with Crippen LogP contribution in [0.3, 0.4) is 0 Å². The predicted octanol–water partition coefficient (Wildman–Crippen LogP) is 4.05. The average molecular weight is 387 g/mol. The lowest BCUT2D eigenvalue weighted by Gasteiger charge is -2.05. The molecule has 3 rings (SSSR count). The number of aromatic nitrogens is 3. The minimum Gasteiger partial charge on any atom is -0.225 e. The fourth-order valence-electron chi connectivity index (χ4n) is 3.37. The monoisotopic (exact) mass is 386 g/mol. The first-order valence-corrected chi connectivity index (χ1v) is 11.6. The van der Waals surface area contributed by atoms with E-state index >= 15 is 0 Å². The minimum absolute atomic E-state index is 0.343. The van der Waals surface area contributed by atoms with Gasteiger partial charge in [-0.15, -0.1) is 0 Å². The summed E-state index contributed by atoms with van der Waals surface area (Å²) in [5.74, 6) is 0.910. The lowest BCUT2D eigenvalue weighted by Crippen LogP contribution is -2.19. The van der Waals surface area contributed by atoms with E-state index in [9.17, 15) is 8.42 Å². The molecule has 1 aromatic carbocycles. The van der Waals surface area contributed by atoms with E-state index in [4.69, 9.17) is 0 Å².